The highest BCUT2D eigenvalue weighted by atomic mass is 35.5. The Labute approximate surface area is 211 Å². The summed E-state index contributed by atoms with van der Waals surface area (Å²) in [6.07, 6.45) is 0.615. The van der Waals surface area contributed by atoms with E-state index in [1.165, 1.54) is 25.3 Å². The van der Waals surface area contributed by atoms with Crippen LogP contribution in [0, 0.1) is 6.92 Å². The van der Waals surface area contributed by atoms with E-state index in [0.717, 1.165) is 21.2 Å². The van der Waals surface area contributed by atoms with E-state index in [1.807, 2.05) is 32.0 Å². The lowest BCUT2D eigenvalue weighted by Crippen LogP contribution is -2.42. The van der Waals surface area contributed by atoms with Crippen LogP contribution in [0.4, 0.5) is 5.69 Å². The molecule has 1 amide bonds. The molecule has 0 saturated heterocycles. The topological polar surface area (TPSA) is 84.9 Å². The van der Waals surface area contributed by atoms with E-state index in [2.05, 4.69) is 5.32 Å². The van der Waals surface area contributed by atoms with Crippen molar-refractivity contribution < 1.29 is 22.7 Å². The van der Waals surface area contributed by atoms with Crippen LogP contribution in [-0.2, 0) is 14.8 Å². The summed E-state index contributed by atoms with van der Waals surface area (Å²) in [5.41, 5.74) is 2.01. The molecular formula is C26H29ClN2O5S. The molecule has 3 aromatic rings. The van der Waals surface area contributed by atoms with Crippen molar-refractivity contribution in [3.8, 4) is 11.5 Å². The van der Waals surface area contributed by atoms with Gasteiger partial charge >= 0.3 is 0 Å². The molecule has 0 aromatic heterocycles. The van der Waals surface area contributed by atoms with Gasteiger partial charge in [-0.1, -0.05) is 48.9 Å². The molecule has 0 saturated carbocycles. The van der Waals surface area contributed by atoms with Gasteiger partial charge in [0.25, 0.3) is 10.0 Å². The summed E-state index contributed by atoms with van der Waals surface area (Å²) in [5, 5.41) is 3.28. The molecule has 0 bridgehead atoms. The van der Waals surface area contributed by atoms with Gasteiger partial charge in [-0.25, -0.2) is 8.42 Å². The Bertz CT molecular complexity index is 1280. The summed E-state index contributed by atoms with van der Waals surface area (Å²) >= 11 is 6.19. The molecule has 0 heterocycles. The number of methoxy groups -OCH3 is 2. The fourth-order valence-electron chi connectivity index (χ4n) is 3.79. The summed E-state index contributed by atoms with van der Waals surface area (Å²) in [5.74, 6) is 0.564. The van der Waals surface area contributed by atoms with Crippen molar-refractivity contribution in [2.75, 3.05) is 25.1 Å². The standard InChI is InChI=1S/C26H29ClN2O5S/c1-5-22(19-11-13-24(33-3)18(2)15-19)28-26(30)17-29(23-16-20(27)12-14-25(23)34-4)35(31,32)21-9-7-6-8-10-21/h6-16,22H,5,17H2,1-4H3,(H,28,30)/t22-/m1/s1. The number of amides is 1. The number of carbonyl (C=O) groups excluding carboxylic acids is 1. The molecule has 186 valence electrons. The van der Waals surface area contributed by atoms with Crippen molar-refractivity contribution >= 4 is 33.2 Å². The number of anilines is 1. The molecule has 7 nitrogen and oxygen atoms in total. The molecule has 9 heteroatoms. The highest BCUT2D eigenvalue weighted by Gasteiger charge is 2.30. The SMILES string of the molecule is CC[C@@H](NC(=O)CN(c1cc(Cl)ccc1OC)S(=O)(=O)c1ccccc1)c1ccc(OC)c(C)c1. The van der Waals surface area contributed by atoms with Crippen LogP contribution in [0.15, 0.2) is 71.6 Å². The largest absolute Gasteiger partial charge is 0.496 e. The summed E-state index contributed by atoms with van der Waals surface area (Å²) < 4.78 is 39.0. The first kappa shape index (κ1) is 26.4. The van der Waals surface area contributed by atoms with Crippen molar-refractivity contribution in [2.45, 2.75) is 31.2 Å². The third-order valence-corrected chi connectivity index (χ3v) is 7.60. The minimum absolute atomic E-state index is 0.0487. The Hall–Kier alpha value is -3.23. The molecular weight excluding hydrogens is 488 g/mol. The van der Waals surface area contributed by atoms with Gasteiger partial charge in [-0.2, -0.15) is 0 Å². The maximum Gasteiger partial charge on any atom is 0.264 e. The van der Waals surface area contributed by atoms with Crippen molar-refractivity contribution in [3.05, 3.63) is 82.9 Å². The van der Waals surface area contributed by atoms with E-state index in [1.54, 1.807) is 37.4 Å². The molecule has 0 spiro atoms. The molecule has 0 radical (unpaired) electrons. The van der Waals surface area contributed by atoms with Crippen LogP contribution in [0.3, 0.4) is 0 Å². The fourth-order valence-corrected chi connectivity index (χ4v) is 5.40. The van der Waals surface area contributed by atoms with Crippen molar-refractivity contribution in [1.82, 2.24) is 5.32 Å². The highest BCUT2D eigenvalue weighted by molar-refractivity contribution is 7.92. The van der Waals surface area contributed by atoms with E-state index in [0.29, 0.717) is 11.4 Å². The van der Waals surface area contributed by atoms with E-state index in [-0.39, 0.29) is 22.4 Å². The van der Waals surface area contributed by atoms with E-state index in [9.17, 15) is 13.2 Å². The number of aryl methyl sites for hydroxylation is 1. The van der Waals surface area contributed by atoms with Gasteiger partial charge in [-0.15, -0.1) is 0 Å². The normalized spacial score (nSPS) is 12.0. The summed E-state index contributed by atoms with van der Waals surface area (Å²) in [4.78, 5) is 13.3. The smallest absolute Gasteiger partial charge is 0.264 e. The molecule has 35 heavy (non-hydrogen) atoms. The number of sulfonamides is 1. The van der Waals surface area contributed by atoms with Crippen LogP contribution < -0.4 is 19.1 Å². The molecule has 0 aliphatic heterocycles. The number of carbonyl (C=O) groups is 1. The van der Waals surface area contributed by atoms with Crippen LogP contribution in [0.25, 0.3) is 0 Å². The second-order valence-corrected chi connectivity index (χ2v) is 10.2. The average Bonchev–Trinajstić information content (AvgIpc) is 2.86. The summed E-state index contributed by atoms with van der Waals surface area (Å²) in [6, 6.07) is 17.9. The van der Waals surface area contributed by atoms with Gasteiger partial charge in [-0.05, 0) is 60.9 Å². The number of benzene rings is 3. The van der Waals surface area contributed by atoms with E-state index < -0.39 is 22.5 Å². The van der Waals surface area contributed by atoms with E-state index in [4.69, 9.17) is 21.1 Å². The third-order valence-electron chi connectivity index (χ3n) is 5.59. The second-order valence-electron chi connectivity index (χ2n) is 7.90. The molecule has 0 fully saturated rings. The zero-order valence-corrected chi connectivity index (χ0v) is 21.7. The number of halogens is 1. The zero-order valence-electron chi connectivity index (χ0n) is 20.1. The zero-order chi connectivity index (χ0) is 25.6. The van der Waals surface area contributed by atoms with Crippen LogP contribution in [0.1, 0.15) is 30.5 Å². The average molecular weight is 517 g/mol. The second kappa shape index (κ2) is 11.5. The van der Waals surface area contributed by atoms with E-state index >= 15 is 0 Å². The highest BCUT2D eigenvalue weighted by Crippen LogP contribution is 2.35. The molecule has 0 unspecified atom stereocenters. The molecule has 0 aliphatic carbocycles. The number of ether oxygens (including phenoxy) is 2. The number of nitrogens with one attached hydrogen (secondary N) is 1. The summed E-state index contributed by atoms with van der Waals surface area (Å²) in [7, 11) is -1.07. The van der Waals surface area contributed by atoms with Gasteiger partial charge in [0.05, 0.1) is 30.8 Å². The fraction of sp³-hybridized carbons (Fsp3) is 0.269. The number of hydrogen-bond acceptors (Lipinski definition) is 5. The lowest BCUT2D eigenvalue weighted by molar-refractivity contribution is -0.120. The van der Waals surface area contributed by atoms with Crippen LogP contribution in [-0.4, -0.2) is 35.1 Å². The van der Waals surface area contributed by atoms with Gasteiger partial charge in [0.15, 0.2) is 0 Å². The Kier molecular flexibility index (Phi) is 8.64. The van der Waals surface area contributed by atoms with Crippen LogP contribution in [0.2, 0.25) is 5.02 Å². The van der Waals surface area contributed by atoms with Crippen molar-refractivity contribution in [2.24, 2.45) is 0 Å². The van der Waals surface area contributed by atoms with Crippen LogP contribution >= 0.6 is 11.6 Å². The summed E-state index contributed by atoms with van der Waals surface area (Å²) in [6.45, 7) is 3.42. The van der Waals surface area contributed by atoms with Crippen molar-refractivity contribution in [1.29, 1.82) is 0 Å². The molecule has 3 rings (SSSR count). The minimum atomic E-state index is -4.10. The third kappa shape index (κ3) is 6.07. The maximum absolute atomic E-state index is 13.6. The number of nitrogens with zero attached hydrogens (tertiary/aromatic N) is 1. The first-order valence-corrected chi connectivity index (χ1v) is 12.9. The molecule has 1 atom stereocenters. The molecule has 0 aliphatic rings. The Morgan fingerprint density at radius 2 is 1.66 bits per heavy atom. The van der Waals surface area contributed by atoms with Gasteiger partial charge in [0.1, 0.15) is 18.0 Å². The Morgan fingerprint density at radius 1 is 1.00 bits per heavy atom. The van der Waals surface area contributed by atoms with Crippen LogP contribution in [0.5, 0.6) is 11.5 Å². The first-order valence-electron chi connectivity index (χ1n) is 11.1. The first-order chi connectivity index (χ1) is 16.7. The lowest BCUT2D eigenvalue weighted by atomic mass is 10.0. The number of rotatable bonds is 10. The lowest BCUT2D eigenvalue weighted by Gasteiger charge is -2.27. The quantitative estimate of drug-likeness (QED) is 0.404. The van der Waals surface area contributed by atoms with Gasteiger partial charge in [0.2, 0.25) is 5.91 Å². The van der Waals surface area contributed by atoms with Gasteiger partial charge in [-0.3, -0.25) is 9.10 Å². The van der Waals surface area contributed by atoms with Gasteiger partial charge in [0, 0.05) is 5.02 Å². The molecule has 1 N–H and O–H groups in total. The Balaban J connectivity index is 1.96. The predicted molar refractivity (Wildman–Crippen MR) is 138 cm³/mol. The van der Waals surface area contributed by atoms with Gasteiger partial charge < -0.3 is 14.8 Å². The minimum Gasteiger partial charge on any atom is -0.496 e. The van der Waals surface area contributed by atoms with Crippen molar-refractivity contribution in [3.63, 3.8) is 0 Å². The molecule has 3 aromatic carbocycles. The predicted octanol–water partition coefficient (Wildman–Crippen LogP) is 5.13. The Morgan fingerprint density at radius 3 is 2.26 bits per heavy atom. The maximum atomic E-state index is 13.6. The monoisotopic (exact) mass is 516 g/mol. The number of hydrogen-bond donors (Lipinski definition) is 1.